The maximum atomic E-state index is 4.92. The summed E-state index contributed by atoms with van der Waals surface area (Å²) in [5.41, 5.74) is 0. The highest BCUT2D eigenvalue weighted by Crippen LogP contribution is 1.67. The van der Waals surface area contributed by atoms with Crippen molar-refractivity contribution in [2.75, 3.05) is 26.8 Å². The predicted molar refractivity (Wildman–Crippen MR) is 40.8 cm³/mol. The normalized spacial score (nSPS) is 7.56. The van der Waals surface area contributed by atoms with Gasteiger partial charge in [0.05, 0.1) is 6.61 Å². The van der Waals surface area contributed by atoms with Crippen LogP contribution in [0.3, 0.4) is 0 Å². The van der Waals surface area contributed by atoms with E-state index < -0.39 is 0 Å². The zero-order valence-electron chi connectivity index (χ0n) is 5.52. The van der Waals surface area contributed by atoms with Crippen LogP contribution in [0.2, 0.25) is 0 Å². The Morgan fingerprint density at radius 2 is 2.33 bits per heavy atom. The third-order valence-electron chi connectivity index (χ3n) is 0.682. The summed E-state index contributed by atoms with van der Waals surface area (Å²) in [6.07, 6.45) is 4.92. The smallest absolute Gasteiger partial charge is 0.107 e. The molecule has 0 aromatic rings. The van der Waals surface area contributed by atoms with Gasteiger partial charge in [0, 0.05) is 6.54 Å². The molecule has 0 rings (SSSR count). The molecule has 0 aliphatic heterocycles. The van der Waals surface area contributed by atoms with Gasteiger partial charge < -0.3 is 10.1 Å². The van der Waals surface area contributed by atoms with Crippen LogP contribution in [0.25, 0.3) is 0 Å². The number of hydrogen-bond acceptors (Lipinski definition) is 2. The molecular formula is C6H12ClNO. The first-order chi connectivity index (χ1) is 3.91. The molecule has 0 aromatic carbocycles. The highest BCUT2D eigenvalue weighted by atomic mass is 35.5. The number of halogens is 1. The lowest BCUT2D eigenvalue weighted by molar-refractivity contribution is 0.170. The van der Waals surface area contributed by atoms with Crippen LogP contribution in [0.4, 0.5) is 0 Å². The van der Waals surface area contributed by atoms with Crippen LogP contribution < -0.4 is 5.32 Å². The first kappa shape index (κ1) is 11.6. The van der Waals surface area contributed by atoms with Crippen molar-refractivity contribution in [3.05, 3.63) is 0 Å². The molecule has 0 atom stereocenters. The maximum Gasteiger partial charge on any atom is 0.107 e. The molecule has 0 saturated carbocycles. The first-order valence-electron chi connectivity index (χ1n) is 2.57. The summed E-state index contributed by atoms with van der Waals surface area (Å²) >= 11 is 0. The van der Waals surface area contributed by atoms with Crippen LogP contribution >= 0.6 is 12.4 Å². The van der Waals surface area contributed by atoms with E-state index in [0.717, 1.165) is 6.54 Å². The van der Waals surface area contributed by atoms with Gasteiger partial charge in [0.25, 0.3) is 0 Å². The van der Waals surface area contributed by atoms with E-state index in [1.807, 2.05) is 7.05 Å². The molecule has 0 spiro atoms. The van der Waals surface area contributed by atoms with E-state index in [1.54, 1.807) is 0 Å². The van der Waals surface area contributed by atoms with E-state index in [1.165, 1.54) is 0 Å². The van der Waals surface area contributed by atoms with Crippen molar-refractivity contribution in [2.24, 2.45) is 0 Å². The van der Waals surface area contributed by atoms with E-state index in [2.05, 4.69) is 11.2 Å². The molecule has 2 nitrogen and oxygen atoms in total. The topological polar surface area (TPSA) is 21.3 Å². The number of nitrogens with one attached hydrogen (secondary N) is 1. The molecule has 0 radical (unpaired) electrons. The van der Waals surface area contributed by atoms with Crippen molar-refractivity contribution in [3.8, 4) is 12.3 Å². The van der Waals surface area contributed by atoms with E-state index in [0.29, 0.717) is 13.2 Å². The zero-order valence-corrected chi connectivity index (χ0v) is 6.33. The third kappa shape index (κ3) is 11.4. The van der Waals surface area contributed by atoms with Crippen molar-refractivity contribution in [2.45, 2.75) is 0 Å². The molecule has 1 N–H and O–H groups in total. The van der Waals surface area contributed by atoms with Gasteiger partial charge in [-0.1, -0.05) is 5.92 Å². The fraction of sp³-hybridized carbons (Fsp3) is 0.667. The van der Waals surface area contributed by atoms with Crippen LogP contribution in [0.15, 0.2) is 0 Å². The van der Waals surface area contributed by atoms with Crippen LogP contribution in [0.1, 0.15) is 0 Å². The molecule has 0 saturated heterocycles. The summed E-state index contributed by atoms with van der Waals surface area (Å²) in [7, 11) is 1.87. The van der Waals surface area contributed by atoms with Crippen LogP contribution in [0.5, 0.6) is 0 Å². The monoisotopic (exact) mass is 149 g/mol. The molecular weight excluding hydrogens is 138 g/mol. The van der Waals surface area contributed by atoms with Crippen molar-refractivity contribution in [1.29, 1.82) is 0 Å². The molecule has 3 heteroatoms. The molecule has 0 amide bonds. The molecule has 0 fully saturated rings. The Morgan fingerprint density at radius 3 is 2.78 bits per heavy atom. The lowest BCUT2D eigenvalue weighted by atomic mass is 10.7. The van der Waals surface area contributed by atoms with Gasteiger partial charge in [0.1, 0.15) is 6.61 Å². The van der Waals surface area contributed by atoms with Crippen molar-refractivity contribution in [1.82, 2.24) is 5.32 Å². The quantitative estimate of drug-likeness (QED) is 0.458. The molecule has 0 aliphatic carbocycles. The fourth-order valence-electron chi connectivity index (χ4n) is 0.305. The van der Waals surface area contributed by atoms with Gasteiger partial charge in [0.2, 0.25) is 0 Å². The Bertz CT molecular complexity index is 79.6. The number of hydrogen-bond donors (Lipinski definition) is 1. The lowest BCUT2D eigenvalue weighted by Gasteiger charge is -1.96. The maximum absolute atomic E-state index is 4.92. The first-order valence-corrected chi connectivity index (χ1v) is 2.57. The van der Waals surface area contributed by atoms with Crippen LogP contribution in [-0.2, 0) is 4.74 Å². The van der Waals surface area contributed by atoms with E-state index >= 15 is 0 Å². The number of likely N-dealkylation sites (N-methyl/N-ethyl adjacent to an activating group) is 1. The minimum absolute atomic E-state index is 0. The highest BCUT2D eigenvalue weighted by Gasteiger charge is 1.78. The molecule has 0 aliphatic rings. The van der Waals surface area contributed by atoms with Crippen LogP contribution in [-0.4, -0.2) is 26.8 Å². The van der Waals surface area contributed by atoms with Crippen molar-refractivity contribution in [3.63, 3.8) is 0 Å². The van der Waals surface area contributed by atoms with Gasteiger partial charge in [-0.05, 0) is 7.05 Å². The fourth-order valence-corrected chi connectivity index (χ4v) is 0.305. The molecule has 54 valence electrons. The predicted octanol–water partition coefficient (Wildman–Crippen LogP) is 0.277. The van der Waals surface area contributed by atoms with E-state index in [4.69, 9.17) is 11.2 Å². The molecule has 0 bridgehead atoms. The minimum atomic E-state index is 0. The Kier molecular flexibility index (Phi) is 13.7. The van der Waals surface area contributed by atoms with Gasteiger partial charge in [0.15, 0.2) is 0 Å². The van der Waals surface area contributed by atoms with E-state index in [-0.39, 0.29) is 12.4 Å². The summed E-state index contributed by atoms with van der Waals surface area (Å²) < 4.78 is 4.92. The lowest BCUT2D eigenvalue weighted by Crippen LogP contribution is -2.14. The SMILES string of the molecule is C#CCOCCNC.Cl. The number of terminal acetylenes is 1. The Hall–Kier alpha value is -0.230. The summed E-state index contributed by atoms with van der Waals surface area (Å²) in [5, 5.41) is 2.93. The van der Waals surface area contributed by atoms with Gasteiger partial charge in [-0.15, -0.1) is 18.8 Å². The molecule has 0 aromatic heterocycles. The number of ether oxygens (including phenoxy) is 1. The molecule has 0 unspecified atom stereocenters. The average Bonchev–Trinajstić information content (AvgIpc) is 1.81. The van der Waals surface area contributed by atoms with Gasteiger partial charge in [-0.2, -0.15) is 0 Å². The van der Waals surface area contributed by atoms with Gasteiger partial charge in [-0.25, -0.2) is 0 Å². The summed E-state index contributed by atoms with van der Waals surface area (Å²) in [4.78, 5) is 0. The molecule has 0 heterocycles. The van der Waals surface area contributed by atoms with Gasteiger partial charge >= 0.3 is 0 Å². The average molecular weight is 150 g/mol. The minimum Gasteiger partial charge on any atom is -0.367 e. The van der Waals surface area contributed by atoms with Crippen molar-refractivity contribution >= 4 is 12.4 Å². The van der Waals surface area contributed by atoms with Crippen molar-refractivity contribution < 1.29 is 4.74 Å². The standard InChI is InChI=1S/C6H11NO.ClH/c1-3-5-8-6-4-7-2;/h1,7H,4-6H2,2H3;1H. The molecule has 9 heavy (non-hydrogen) atoms. The van der Waals surface area contributed by atoms with E-state index in [9.17, 15) is 0 Å². The Labute approximate surface area is 62.4 Å². The largest absolute Gasteiger partial charge is 0.367 e. The number of rotatable bonds is 4. The third-order valence-corrected chi connectivity index (χ3v) is 0.682. The second-order valence-corrected chi connectivity index (χ2v) is 1.36. The summed E-state index contributed by atoms with van der Waals surface area (Å²) in [6.45, 7) is 1.98. The zero-order chi connectivity index (χ0) is 6.24. The van der Waals surface area contributed by atoms with Crippen LogP contribution in [0, 0.1) is 12.3 Å². The second-order valence-electron chi connectivity index (χ2n) is 1.36. The highest BCUT2D eigenvalue weighted by molar-refractivity contribution is 5.85. The van der Waals surface area contributed by atoms with Gasteiger partial charge in [-0.3, -0.25) is 0 Å². The Balaban J connectivity index is 0. The summed E-state index contributed by atoms with van der Waals surface area (Å²) in [6, 6.07) is 0. The summed E-state index contributed by atoms with van der Waals surface area (Å²) in [5.74, 6) is 2.38. The Morgan fingerprint density at radius 1 is 1.67 bits per heavy atom. The second kappa shape index (κ2) is 10.7.